The molecule has 5 nitrogen and oxygen atoms in total. The van der Waals surface area contributed by atoms with Gasteiger partial charge in [0.1, 0.15) is 0 Å². The largest absolute Gasteiger partial charge is 0.481 e. The predicted octanol–water partition coefficient (Wildman–Crippen LogP) is 1.56. The first-order chi connectivity index (χ1) is 8.24. The smallest absolute Gasteiger partial charge is 0.307 e. The highest BCUT2D eigenvalue weighted by atomic mass is 16.5. The monoisotopic (exact) mass is 232 g/mol. The van der Waals surface area contributed by atoms with Crippen LogP contribution in [-0.2, 0) is 4.79 Å². The second-order valence-electron chi connectivity index (χ2n) is 4.35. The van der Waals surface area contributed by atoms with Crippen LogP contribution in [0.3, 0.4) is 0 Å². The molecule has 1 aliphatic rings. The van der Waals surface area contributed by atoms with Crippen molar-refractivity contribution in [3.63, 3.8) is 0 Å². The summed E-state index contributed by atoms with van der Waals surface area (Å²) in [7, 11) is 0. The predicted molar refractivity (Wildman–Crippen MR) is 60.5 cm³/mol. The minimum absolute atomic E-state index is 0.107. The molecular formula is C12H12N2O3. The summed E-state index contributed by atoms with van der Waals surface area (Å²) in [4.78, 5) is 10.9. The van der Waals surface area contributed by atoms with Gasteiger partial charge in [-0.3, -0.25) is 4.79 Å². The molecule has 2 unspecified atom stereocenters. The molecule has 0 spiro atoms. The van der Waals surface area contributed by atoms with E-state index in [0.717, 1.165) is 16.5 Å². The number of carboxylic acids is 1. The van der Waals surface area contributed by atoms with Gasteiger partial charge in [0.15, 0.2) is 5.58 Å². The van der Waals surface area contributed by atoms with Crippen LogP contribution in [0.2, 0.25) is 0 Å². The Morgan fingerprint density at radius 1 is 1.53 bits per heavy atom. The first-order valence-electron chi connectivity index (χ1n) is 5.54. The van der Waals surface area contributed by atoms with Gasteiger partial charge in [0.2, 0.25) is 0 Å². The van der Waals surface area contributed by atoms with Gasteiger partial charge in [-0.15, -0.1) is 0 Å². The number of rotatable bonds is 2. The molecule has 1 aliphatic heterocycles. The molecule has 0 bridgehead atoms. The molecule has 2 aromatic rings. The van der Waals surface area contributed by atoms with Gasteiger partial charge in [0.25, 0.3) is 0 Å². The van der Waals surface area contributed by atoms with E-state index < -0.39 is 5.97 Å². The average Bonchev–Trinajstić information content (AvgIpc) is 2.97. The van der Waals surface area contributed by atoms with E-state index in [1.165, 1.54) is 0 Å². The topological polar surface area (TPSA) is 75.4 Å². The van der Waals surface area contributed by atoms with E-state index in [-0.39, 0.29) is 12.0 Å². The molecule has 0 amide bonds. The molecule has 2 atom stereocenters. The van der Waals surface area contributed by atoms with Crippen molar-refractivity contribution in [3.05, 3.63) is 30.0 Å². The van der Waals surface area contributed by atoms with Crippen molar-refractivity contribution in [1.82, 2.24) is 10.5 Å². The summed E-state index contributed by atoms with van der Waals surface area (Å²) in [6.45, 7) is 0.529. The molecule has 0 radical (unpaired) electrons. The molecular weight excluding hydrogens is 220 g/mol. The highest BCUT2D eigenvalue weighted by Gasteiger charge is 2.30. The second-order valence-corrected chi connectivity index (χ2v) is 4.35. The maximum absolute atomic E-state index is 10.9. The third kappa shape index (κ3) is 1.78. The maximum Gasteiger partial charge on any atom is 0.307 e. The normalized spacial score (nSPS) is 24.2. The summed E-state index contributed by atoms with van der Waals surface area (Å²) < 4.78 is 5.03. The zero-order valence-electron chi connectivity index (χ0n) is 9.09. The number of nitrogens with zero attached hydrogens (tertiary/aromatic N) is 1. The summed E-state index contributed by atoms with van der Waals surface area (Å²) in [6, 6.07) is 5.92. The fourth-order valence-electron chi connectivity index (χ4n) is 2.29. The lowest BCUT2D eigenvalue weighted by Crippen LogP contribution is -2.17. The van der Waals surface area contributed by atoms with Crippen LogP contribution in [0.15, 0.2) is 28.9 Å². The Morgan fingerprint density at radius 3 is 3.18 bits per heavy atom. The van der Waals surface area contributed by atoms with Gasteiger partial charge < -0.3 is 14.9 Å². The van der Waals surface area contributed by atoms with Crippen molar-refractivity contribution >= 4 is 16.9 Å². The standard InChI is InChI=1S/C12H12N2O3/c15-12(16)9-4-10(13-5-9)7-1-2-11-8(3-7)6-14-17-11/h1-3,6,9-10,13H,4-5H2,(H,15,16). The molecule has 1 saturated heterocycles. The first-order valence-corrected chi connectivity index (χ1v) is 5.54. The molecule has 17 heavy (non-hydrogen) atoms. The molecule has 1 fully saturated rings. The zero-order valence-corrected chi connectivity index (χ0v) is 9.09. The molecule has 2 heterocycles. The number of carboxylic acid groups (broad SMARTS) is 1. The molecule has 5 heteroatoms. The summed E-state index contributed by atoms with van der Waals surface area (Å²) in [6.07, 6.45) is 2.30. The van der Waals surface area contributed by atoms with Gasteiger partial charge in [-0.25, -0.2) is 0 Å². The van der Waals surface area contributed by atoms with Crippen LogP contribution >= 0.6 is 0 Å². The SMILES string of the molecule is O=C(O)C1CNC(c2ccc3oncc3c2)C1. The number of benzene rings is 1. The number of carbonyl (C=O) groups is 1. The van der Waals surface area contributed by atoms with Crippen molar-refractivity contribution in [3.8, 4) is 0 Å². The van der Waals surface area contributed by atoms with Crippen LogP contribution in [0.1, 0.15) is 18.0 Å². The van der Waals surface area contributed by atoms with Crippen molar-refractivity contribution in [2.24, 2.45) is 5.92 Å². The fourth-order valence-corrected chi connectivity index (χ4v) is 2.29. The summed E-state index contributed by atoms with van der Waals surface area (Å²) in [5.41, 5.74) is 1.84. The van der Waals surface area contributed by atoms with Crippen LogP contribution in [0, 0.1) is 5.92 Å². The van der Waals surface area contributed by atoms with Gasteiger partial charge in [0.05, 0.1) is 12.1 Å². The Kier molecular flexibility index (Phi) is 2.33. The van der Waals surface area contributed by atoms with Crippen LogP contribution in [0.25, 0.3) is 11.0 Å². The van der Waals surface area contributed by atoms with Gasteiger partial charge in [-0.05, 0) is 24.1 Å². The summed E-state index contributed by atoms with van der Waals surface area (Å²) in [5, 5.41) is 16.9. The molecule has 88 valence electrons. The van der Waals surface area contributed by atoms with E-state index in [0.29, 0.717) is 13.0 Å². The van der Waals surface area contributed by atoms with E-state index in [1.807, 2.05) is 18.2 Å². The number of aliphatic carboxylic acids is 1. The van der Waals surface area contributed by atoms with Gasteiger partial charge >= 0.3 is 5.97 Å². The third-order valence-corrected chi connectivity index (χ3v) is 3.26. The zero-order chi connectivity index (χ0) is 11.8. The van der Waals surface area contributed by atoms with Crippen LogP contribution in [0.5, 0.6) is 0 Å². The molecule has 1 aromatic heterocycles. The number of hydrogen-bond acceptors (Lipinski definition) is 4. The van der Waals surface area contributed by atoms with Crippen molar-refractivity contribution in [1.29, 1.82) is 0 Å². The van der Waals surface area contributed by atoms with Gasteiger partial charge in [-0.2, -0.15) is 0 Å². The molecule has 3 rings (SSSR count). The molecule has 0 saturated carbocycles. The first kappa shape index (κ1) is 10.3. The van der Waals surface area contributed by atoms with E-state index in [9.17, 15) is 4.79 Å². The lowest BCUT2D eigenvalue weighted by atomic mass is 9.99. The van der Waals surface area contributed by atoms with E-state index in [1.54, 1.807) is 6.20 Å². The molecule has 1 aromatic carbocycles. The number of aromatic nitrogens is 1. The van der Waals surface area contributed by atoms with Crippen LogP contribution in [-0.4, -0.2) is 22.8 Å². The Labute approximate surface area is 97.4 Å². The second kappa shape index (κ2) is 3.85. The maximum atomic E-state index is 10.9. The van der Waals surface area contributed by atoms with Crippen molar-refractivity contribution in [2.45, 2.75) is 12.5 Å². The number of nitrogens with one attached hydrogen (secondary N) is 1. The van der Waals surface area contributed by atoms with Gasteiger partial charge in [-0.1, -0.05) is 11.2 Å². The average molecular weight is 232 g/mol. The molecule has 2 N–H and O–H groups in total. The Hall–Kier alpha value is -1.88. The van der Waals surface area contributed by atoms with Crippen LogP contribution in [0.4, 0.5) is 0 Å². The third-order valence-electron chi connectivity index (χ3n) is 3.26. The van der Waals surface area contributed by atoms with Gasteiger partial charge in [0, 0.05) is 18.0 Å². The highest BCUT2D eigenvalue weighted by Crippen LogP contribution is 2.29. The Bertz CT molecular complexity index is 564. The Morgan fingerprint density at radius 2 is 2.41 bits per heavy atom. The fraction of sp³-hybridized carbons (Fsp3) is 0.333. The summed E-state index contributed by atoms with van der Waals surface area (Å²) >= 11 is 0. The highest BCUT2D eigenvalue weighted by molar-refractivity contribution is 5.77. The lowest BCUT2D eigenvalue weighted by molar-refractivity contribution is -0.141. The quantitative estimate of drug-likeness (QED) is 0.821. The van der Waals surface area contributed by atoms with E-state index in [4.69, 9.17) is 9.63 Å². The minimum atomic E-state index is -0.731. The van der Waals surface area contributed by atoms with E-state index >= 15 is 0 Å². The van der Waals surface area contributed by atoms with E-state index in [2.05, 4.69) is 10.5 Å². The minimum Gasteiger partial charge on any atom is -0.481 e. The number of hydrogen-bond donors (Lipinski definition) is 2. The van der Waals surface area contributed by atoms with Crippen molar-refractivity contribution < 1.29 is 14.4 Å². The molecule has 0 aliphatic carbocycles. The van der Waals surface area contributed by atoms with Crippen molar-refractivity contribution in [2.75, 3.05) is 6.54 Å². The van der Waals surface area contributed by atoms with Crippen LogP contribution < -0.4 is 5.32 Å². The lowest BCUT2D eigenvalue weighted by Gasteiger charge is -2.09. The Balaban J connectivity index is 1.87. The number of fused-ring (bicyclic) bond motifs is 1. The summed E-state index contributed by atoms with van der Waals surface area (Å²) in [5.74, 6) is -1.02.